The Morgan fingerprint density at radius 1 is 0.528 bits per heavy atom. The summed E-state index contributed by atoms with van der Waals surface area (Å²) < 4.78 is 13.9. The van der Waals surface area contributed by atoms with Crippen LogP contribution >= 0.6 is 0 Å². The third kappa shape index (κ3) is 4.44. The fourth-order valence-corrected chi connectivity index (χ4v) is 8.62. The number of aryl methyl sites for hydroxylation is 2. The van der Waals surface area contributed by atoms with Crippen molar-refractivity contribution >= 4 is 68.0 Å². The van der Waals surface area contributed by atoms with E-state index in [1.54, 1.807) is 0 Å². The van der Waals surface area contributed by atoms with Crippen molar-refractivity contribution in [2.75, 3.05) is 9.80 Å². The molecule has 250 valence electrons. The van der Waals surface area contributed by atoms with Gasteiger partial charge in [0.15, 0.2) is 5.75 Å². The summed E-state index contributed by atoms with van der Waals surface area (Å²) in [7, 11) is 0. The number of hydrogen-bond donors (Lipinski definition) is 0. The van der Waals surface area contributed by atoms with Crippen LogP contribution in [0, 0.1) is 13.8 Å². The molecule has 11 rings (SSSR count). The van der Waals surface area contributed by atoms with Gasteiger partial charge in [-0.25, -0.2) is 0 Å². The number of hydrogen-bond acceptors (Lipinski definition) is 4. The van der Waals surface area contributed by atoms with Gasteiger partial charge in [-0.1, -0.05) is 108 Å². The number of para-hydroxylation sites is 3. The van der Waals surface area contributed by atoms with Gasteiger partial charge in [0.05, 0.1) is 17.1 Å². The standard InChI is InChI=1S/C48H33BN2O2/c1-30-19-23-33(24-20-30)50(34-25-21-31(2)22-26-34)40-28-27-35-37-29-44-46-48(47(37)51(32-11-4-3-5-12-32)41-16-10-13-36(40)45(35)41)53-43-18-9-7-15-39(43)49(46)38-14-6-8-17-42(38)52-44/h3-29H,1-2H3. The van der Waals surface area contributed by atoms with Crippen LogP contribution in [0.15, 0.2) is 164 Å². The molecule has 0 radical (unpaired) electrons. The first-order valence-electron chi connectivity index (χ1n) is 18.2. The molecule has 0 bridgehead atoms. The Labute approximate surface area is 309 Å². The summed E-state index contributed by atoms with van der Waals surface area (Å²) in [6.07, 6.45) is 0. The Morgan fingerprint density at radius 2 is 1.15 bits per heavy atom. The molecule has 0 unspecified atom stereocenters. The Bertz CT molecular complexity index is 2700. The molecule has 0 saturated carbocycles. The van der Waals surface area contributed by atoms with Gasteiger partial charge in [0.1, 0.15) is 17.2 Å². The summed E-state index contributed by atoms with van der Waals surface area (Å²) in [5.41, 5.74) is 14.6. The number of benzene rings is 8. The predicted octanol–water partition coefficient (Wildman–Crippen LogP) is 11.1. The van der Waals surface area contributed by atoms with Gasteiger partial charge in [0.25, 0.3) is 6.71 Å². The van der Waals surface area contributed by atoms with E-state index in [0.29, 0.717) is 0 Å². The van der Waals surface area contributed by atoms with Gasteiger partial charge in [-0.15, -0.1) is 0 Å². The van der Waals surface area contributed by atoms with Crippen molar-refractivity contribution < 1.29 is 9.47 Å². The molecule has 3 aliphatic heterocycles. The zero-order chi connectivity index (χ0) is 35.2. The highest BCUT2D eigenvalue weighted by molar-refractivity contribution is 6.98. The molecule has 0 aromatic heterocycles. The predicted molar refractivity (Wildman–Crippen MR) is 219 cm³/mol. The third-order valence-corrected chi connectivity index (χ3v) is 11.0. The fraction of sp³-hybridized carbons (Fsp3) is 0.0417. The van der Waals surface area contributed by atoms with Crippen LogP contribution < -0.4 is 35.7 Å². The molecular weight excluding hydrogens is 647 g/mol. The molecule has 0 amide bonds. The lowest BCUT2D eigenvalue weighted by atomic mass is 9.34. The molecule has 3 heterocycles. The number of fused-ring (bicyclic) bond motifs is 7. The molecule has 0 aliphatic carbocycles. The highest BCUT2D eigenvalue weighted by atomic mass is 16.5. The Morgan fingerprint density at radius 3 is 1.83 bits per heavy atom. The Kier molecular flexibility index (Phi) is 6.44. The molecule has 0 fully saturated rings. The lowest BCUT2D eigenvalue weighted by Gasteiger charge is -2.40. The molecular formula is C48H33BN2O2. The first-order chi connectivity index (χ1) is 26.1. The summed E-state index contributed by atoms with van der Waals surface area (Å²) in [5, 5.41) is 2.34. The zero-order valence-corrected chi connectivity index (χ0v) is 29.4. The molecule has 5 heteroatoms. The second-order valence-electron chi connectivity index (χ2n) is 14.2. The van der Waals surface area contributed by atoms with Crippen LogP contribution in [0.4, 0.5) is 34.1 Å². The maximum Gasteiger partial charge on any atom is 0.260 e. The smallest absolute Gasteiger partial charge is 0.260 e. The van der Waals surface area contributed by atoms with Gasteiger partial charge in [-0.3, -0.25) is 0 Å². The second kappa shape index (κ2) is 11.4. The minimum atomic E-state index is -0.0186. The van der Waals surface area contributed by atoms with Crippen LogP contribution in [0.1, 0.15) is 11.1 Å². The average Bonchev–Trinajstić information content (AvgIpc) is 3.20. The van der Waals surface area contributed by atoms with Gasteiger partial charge >= 0.3 is 0 Å². The van der Waals surface area contributed by atoms with E-state index in [2.05, 4.69) is 187 Å². The van der Waals surface area contributed by atoms with E-state index in [-0.39, 0.29) is 6.71 Å². The third-order valence-electron chi connectivity index (χ3n) is 11.0. The van der Waals surface area contributed by atoms with Gasteiger partial charge in [0, 0.05) is 38.9 Å². The van der Waals surface area contributed by atoms with Crippen molar-refractivity contribution in [3.05, 3.63) is 175 Å². The van der Waals surface area contributed by atoms with E-state index in [9.17, 15) is 0 Å². The van der Waals surface area contributed by atoms with E-state index in [4.69, 9.17) is 9.47 Å². The van der Waals surface area contributed by atoms with Crippen molar-refractivity contribution in [1.82, 2.24) is 0 Å². The first-order valence-corrected chi connectivity index (χ1v) is 18.2. The van der Waals surface area contributed by atoms with E-state index in [1.807, 2.05) is 0 Å². The summed E-state index contributed by atoms with van der Waals surface area (Å²) in [5.74, 6) is 3.44. The van der Waals surface area contributed by atoms with Crippen LogP contribution in [0.5, 0.6) is 23.0 Å². The van der Waals surface area contributed by atoms with Gasteiger partial charge in [-0.2, -0.15) is 0 Å². The van der Waals surface area contributed by atoms with Crippen molar-refractivity contribution in [1.29, 1.82) is 0 Å². The lowest BCUT2D eigenvalue weighted by molar-refractivity contribution is 0.465. The Balaban J connectivity index is 1.22. The van der Waals surface area contributed by atoms with Crippen LogP contribution in [-0.2, 0) is 0 Å². The monoisotopic (exact) mass is 680 g/mol. The topological polar surface area (TPSA) is 24.9 Å². The highest BCUT2D eigenvalue weighted by Gasteiger charge is 2.44. The minimum Gasteiger partial charge on any atom is -0.458 e. The number of ether oxygens (including phenoxy) is 2. The number of anilines is 6. The molecule has 0 N–H and O–H groups in total. The largest absolute Gasteiger partial charge is 0.458 e. The normalized spacial score (nSPS) is 12.9. The SMILES string of the molecule is Cc1ccc(N(c2ccc(C)cc2)c2ccc3c4c(cccc24)N(c2ccccc2)c2c-3cc3c4c2Oc2ccccc2B4c2ccccc2O3)cc1. The van der Waals surface area contributed by atoms with E-state index < -0.39 is 0 Å². The maximum atomic E-state index is 7.07. The molecule has 8 aromatic carbocycles. The number of nitrogens with zero attached hydrogens (tertiary/aromatic N) is 2. The van der Waals surface area contributed by atoms with E-state index in [0.717, 1.165) is 90.0 Å². The van der Waals surface area contributed by atoms with Crippen LogP contribution in [0.2, 0.25) is 0 Å². The molecule has 4 nitrogen and oxygen atoms in total. The second-order valence-corrected chi connectivity index (χ2v) is 14.2. The van der Waals surface area contributed by atoms with Crippen LogP contribution in [0.3, 0.4) is 0 Å². The molecule has 0 saturated heterocycles. The molecule has 3 aliphatic rings. The van der Waals surface area contributed by atoms with Crippen molar-refractivity contribution in [3.63, 3.8) is 0 Å². The van der Waals surface area contributed by atoms with Crippen LogP contribution in [0.25, 0.3) is 21.9 Å². The zero-order valence-electron chi connectivity index (χ0n) is 29.4. The minimum absolute atomic E-state index is 0.0186. The molecule has 0 spiro atoms. The van der Waals surface area contributed by atoms with Gasteiger partial charge in [-0.05, 0) is 97.1 Å². The van der Waals surface area contributed by atoms with E-state index in [1.165, 1.54) is 16.5 Å². The van der Waals surface area contributed by atoms with Gasteiger partial charge in [0.2, 0.25) is 0 Å². The van der Waals surface area contributed by atoms with Crippen LogP contribution in [-0.4, -0.2) is 6.71 Å². The molecule has 8 aromatic rings. The van der Waals surface area contributed by atoms with Crippen molar-refractivity contribution in [3.8, 4) is 34.1 Å². The Hall–Kier alpha value is -6.72. The molecule has 0 atom stereocenters. The maximum absolute atomic E-state index is 7.07. The molecule has 53 heavy (non-hydrogen) atoms. The summed E-state index contributed by atoms with van der Waals surface area (Å²) in [4.78, 5) is 4.78. The fourth-order valence-electron chi connectivity index (χ4n) is 8.62. The quantitative estimate of drug-likeness (QED) is 0.173. The van der Waals surface area contributed by atoms with Crippen molar-refractivity contribution in [2.45, 2.75) is 13.8 Å². The number of rotatable bonds is 4. The van der Waals surface area contributed by atoms with Crippen molar-refractivity contribution in [2.24, 2.45) is 0 Å². The lowest BCUT2D eigenvalue weighted by Crippen LogP contribution is -2.57. The summed E-state index contributed by atoms with van der Waals surface area (Å²) in [6.45, 7) is 4.25. The summed E-state index contributed by atoms with van der Waals surface area (Å²) >= 11 is 0. The summed E-state index contributed by atoms with van der Waals surface area (Å²) in [6, 6.07) is 58.7. The van der Waals surface area contributed by atoms with E-state index >= 15 is 0 Å². The first kappa shape index (κ1) is 30.0. The van der Waals surface area contributed by atoms with Gasteiger partial charge < -0.3 is 19.3 Å². The highest BCUT2D eigenvalue weighted by Crippen LogP contribution is 2.58. The average molecular weight is 681 g/mol.